The van der Waals surface area contributed by atoms with Crippen LogP contribution in [0.2, 0.25) is 0 Å². The van der Waals surface area contributed by atoms with Crippen molar-refractivity contribution in [2.75, 3.05) is 37.6 Å². The van der Waals surface area contributed by atoms with E-state index >= 15 is 0 Å². The molecule has 1 aliphatic heterocycles. The first-order valence-corrected chi connectivity index (χ1v) is 7.23. The van der Waals surface area contributed by atoms with Crippen LogP contribution in [0, 0.1) is 6.92 Å². The average molecular weight is 263 g/mol. The molecule has 1 saturated heterocycles. The Bertz CT molecular complexity index is 387. The van der Waals surface area contributed by atoms with E-state index in [9.17, 15) is 0 Å². The van der Waals surface area contributed by atoms with Gasteiger partial charge >= 0.3 is 0 Å². The average Bonchev–Trinajstić information content (AvgIpc) is 2.45. The van der Waals surface area contributed by atoms with Crippen molar-refractivity contribution in [2.45, 2.75) is 32.7 Å². The van der Waals surface area contributed by atoms with E-state index in [0.717, 1.165) is 50.8 Å². The summed E-state index contributed by atoms with van der Waals surface area (Å²) in [6, 6.07) is 2.64. The molecule has 0 amide bonds. The summed E-state index contributed by atoms with van der Waals surface area (Å²) in [5.74, 6) is 1.90. The molecule has 1 fully saturated rings. The van der Waals surface area contributed by atoms with Crippen molar-refractivity contribution in [3.63, 3.8) is 0 Å². The quantitative estimate of drug-likeness (QED) is 0.860. The first-order valence-electron chi connectivity index (χ1n) is 7.23. The molecule has 0 radical (unpaired) electrons. The molecule has 5 heteroatoms. The summed E-state index contributed by atoms with van der Waals surface area (Å²) in [5.41, 5.74) is 5.69. The van der Waals surface area contributed by atoms with Gasteiger partial charge in [-0.25, -0.2) is 9.97 Å². The Kier molecular flexibility index (Phi) is 5.10. The number of aryl methyl sites for hydroxylation is 1. The molecule has 1 aromatic heterocycles. The zero-order valence-corrected chi connectivity index (χ0v) is 12.0. The third kappa shape index (κ3) is 3.64. The predicted molar refractivity (Wildman–Crippen MR) is 78.3 cm³/mol. The van der Waals surface area contributed by atoms with Crippen molar-refractivity contribution in [2.24, 2.45) is 5.73 Å². The zero-order chi connectivity index (χ0) is 13.7. The molecule has 1 aliphatic rings. The number of rotatable bonds is 5. The van der Waals surface area contributed by atoms with Gasteiger partial charge in [-0.2, -0.15) is 0 Å². The number of aromatic nitrogens is 2. The first kappa shape index (κ1) is 14.2. The minimum atomic E-state index is 0.638. The van der Waals surface area contributed by atoms with E-state index in [1.807, 2.05) is 19.2 Å². The Balaban J connectivity index is 1.91. The Morgan fingerprint density at radius 2 is 2.05 bits per heavy atom. The molecule has 106 valence electrons. The molecular formula is C14H25N5. The molecule has 2 N–H and O–H groups in total. The largest absolute Gasteiger partial charge is 0.354 e. The summed E-state index contributed by atoms with van der Waals surface area (Å²) in [6.45, 7) is 9.25. The smallest absolute Gasteiger partial charge is 0.132 e. The van der Waals surface area contributed by atoms with Crippen LogP contribution in [0.3, 0.4) is 0 Å². The summed E-state index contributed by atoms with van der Waals surface area (Å²) in [4.78, 5) is 13.6. The van der Waals surface area contributed by atoms with Crippen LogP contribution in [0.5, 0.6) is 0 Å². The SMILES string of the molecule is CCC(CCN)N1CCN(c2ccnc(C)n2)CC1. The summed E-state index contributed by atoms with van der Waals surface area (Å²) in [5, 5.41) is 0. The van der Waals surface area contributed by atoms with Gasteiger partial charge in [-0.15, -0.1) is 0 Å². The van der Waals surface area contributed by atoms with Crippen molar-refractivity contribution in [3.05, 3.63) is 18.1 Å². The van der Waals surface area contributed by atoms with Crippen molar-refractivity contribution in [3.8, 4) is 0 Å². The van der Waals surface area contributed by atoms with Crippen molar-refractivity contribution >= 4 is 5.82 Å². The number of nitrogens with two attached hydrogens (primary N) is 1. The third-order valence-corrected chi connectivity index (χ3v) is 3.89. The fourth-order valence-electron chi connectivity index (χ4n) is 2.77. The highest BCUT2D eigenvalue weighted by Gasteiger charge is 2.22. The summed E-state index contributed by atoms with van der Waals surface area (Å²) < 4.78 is 0. The monoisotopic (exact) mass is 263 g/mol. The van der Waals surface area contributed by atoms with E-state index in [0.29, 0.717) is 6.04 Å². The number of piperazine rings is 1. The molecule has 0 aromatic carbocycles. The highest BCUT2D eigenvalue weighted by atomic mass is 15.3. The van der Waals surface area contributed by atoms with Gasteiger partial charge in [0.1, 0.15) is 11.6 Å². The molecule has 19 heavy (non-hydrogen) atoms. The maximum absolute atomic E-state index is 5.69. The Morgan fingerprint density at radius 1 is 1.32 bits per heavy atom. The molecule has 1 unspecified atom stereocenters. The van der Waals surface area contributed by atoms with Gasteiger partial charge in [0.25, 0.3) is 0 Å². The van der Waals surface area contributed by atoms with Crippen LogP contribution in [-0.4, -0.2) is 53.6 Å². The van der Waals surface area contributed by atoms with Crippen LogP contribution in [0.25, 0.3) is 0 Å². The first-order chi connectivity index (χ1) is 9.24. The highest BCUT2D eigenvalue weighted by Crippen LogP contribution is 2.16. The second kappa shape index (κ2) is 6.82. The minimum Gasteiger partial charge on any atom is -0.354 e. The van der Waals surface area contributed by atoms with Crippen LogP contribution >= 0.6 is 0 Å². The van der Waals surface area contributed by atoms with Crippen LogP contribution < -0.4 is 10.6 Å². The standard InChI is InChI=1S/C14H25N5/c1-3-13(4-6-15)18-8-10-19(11-9-18)14-5-7-16-12(2)17-14/h5,7,13H,3-4,6,8-11,15H2,1-2H3. The summed E-state index contributed by atoms with van der Waals surface area (Å²) >= 11 is 0. The summed E-state index contributed by atoms with van der Waals surface area (Å²) in [6.07, 6.45) is 4.13. The van der Waals surface area contributed by atoms with Gasteiger partial charge in [0, 0.05) is 38.4 Å². The predicted octanol–water partition coefficient (Wildman–Crippen LogP) is 1.03. The lowest BCUT2D eigenvalue weighted by atomic mass is 10.1. The summed E-state index contributed by atoms with van der Waals surface area (Å²) in [7, 11) is 0. The van der Waals surface area contributed by atoms with Crippen molar-refractivity contribution in [1.82, 2.24) is 14.9 Å². The van der Waals surface area contributed by atoms with Gasteiger partial charge in [0.2, 0.25) is 0 Å². The van der Waals surface area contributed by atoms with Crippen LogP contribution in [0.1, 0.15) is 25.6 Å². The lowest BCUT2D eigenvalue weighted by Crippen LogP contribution is -2.51. The van der Waals surface area contributed by atoms with Gasteiger partial charge in [-0.3, -0.25) is 4.90 Å². The van der Waals surface area contributed by atoms with E-state index in [2.05, 4.69) is 26.7 Å². The lowest BCUT2D eigenvalue weighted by Gasteiger charge is -2.39. The fourth-order valence-corrected chi connectivity index (χ4v) is 2.77. The Hall–Kier alpha value is -1.20. The van der Waals surface area contributed by atoms with E-state index in [4.69, 9.17) is 5.73 Å². The molecule has 2 heterocycles. The van der Waals surface area contributed by atoms with E-state index in [1.165, 1.54) is 6.42 Å². The molecule has 1 atom stereocenters. The van der Waals surface area contributed by atoms with Crippen LogP contribution in [0.4, 0.5) is 5.82 Å². The van der Waals surface area contributed by atoms with Gasteiger partial charge in [0.05, 0.1) is 0 Å². The van der Waals surface area contributed by atoms with Gasteiger partial charge in [-0.1, -0.05) is 6.92 Å². The van der Waals surface area contributed by atoms with Crippen molar-refractivity contribution in [1.29, 1.82) is 0 Å². The number of nitrogens with zero attached hydrogens (tertiary/aromatic N) is 4. The number of hydrogen-bond donors (Lipinski definition) is 1. The maximum atomic E-state index is 5.69. The maximum Gasteiger partial charge on any atom is 0.132 e. The molecule has 0 aliphatic carbocycles. The van der Waals surface area contributed by atoms with Crippen molar-refractivity contribution < 1.29 is 0 Å². The molecule has 2 rings (SSSR count). The van der Waals surface area contributed by atoms with E-state index < -0.39 is 0 Å². The zero-order valence-electron chi connectivity index (χ0n) is 12.0. The minimum absolute atomic E-state index is 0.638. The number of anilines is 1. The van der Waals surface area contributed by atoms with Gasteiger partial charge in [-0.05, 0) is 32.4 Å². The Morgan fingerprint density at radius 3 is 2.63 bits per heavy atom. The highest BCUT2D eigenvalue weighted by molar-refractivity contribution is 5.37. The second-order valence-electron chi connectivity index (χ2n) is 5.12. The van der Waals surface area contributed by atoms with Crippen LogP contribution in [0.15, 0.2) is 12.3 Å². The molecular weight excluding hydrogens is 238 g/mol. The molecule has 0 spiro atoms. The fraction of sp³-hybridized carbons (Fsp3) is 0.714. The normalized spacial score (nSPS) is 18.6. The lowest BCUT2D eigenvalue weighted by molar-refractivity contribution is 0.173. The molecule has 0 bridgehead atoms. The van der Waals surface area contributed by atoms with Gasteiger partial charge in [0.15, 0.2) is 0 Å². The van der Waals surface area contributed by atoms with E-state index in [1.54, 1.807) is 0 Å². The Labute approximate surface area is 115 Å². The van der Waals surface area contributed by atoms with Crippen LogP contribution in [-0.2, 0) is 0 Å². The molecule has 1 aromatic rings. The molecule has 5 nitrogen and oxygen atoms in total. The topological polar surface area (TPSA) is 58.3 Å². The number of hydrogen-bond acceptors (Lipinski definition) is 5. The van der Waals surface area contributed by atoms with Gasteiger partial charge < -0.3 is 10.6 Å². The van der Waals surface area contributed by atoms with E-state index in [-0.39, 0.29) is 0 Å². The molecule has 0 saturated carbocycles. The third-order valence-electron chi connectivity index (χ3n) is 3.89. The second-order valence-corrected chi connectivity index (χ2v) is 5.12.